The van der Waals surface area contributed by atoms with Crippen molar-refractivity contribution in [3.05, 3.63) is 18.7 Å². The molecule has 15 heavy (non-hydrogen) atoms. The summed E-state index contributed by atoms with van der Waals surface area (Å²) in [6.45, 7) is 1.75. The second-order valence-electron chi connectivity index (χ2n) is 3.52. The van der Waals surface area contributed by atoms with Gasteiger partial charge in [-0.05, 0) is 0 Å². The van der Waals surface area contributed by atoms with Gasteiger partial charge in [0.1, 0.15) is 6.33 Å². The van der Waals surface area contributed by atoms with Crippen molar-refractivity contribution in [1.82, 2.24) is 9.97 Å². The van der Waals surface area contributed by atoms with Gasteiger partial charge in [0.15, 0.2) is 23.0 Å². The minimum absolute atomic E-state index is 0.149. The van der Waals surface area contributed by atoms with Crippen molar-refractivity contribution in [1.29, 1.82) is 0 Å². The molecule has 1 aromatic heterocycles. The van der Waals surface area contributed by atoms with Crippen LogP contribution in [-0.4, -0.2) is 29.0 Å². The maximum atomic E-state index is 11.0. The Morgan fingerprint density at radius 2 is 2.20 bits per heavy atom. The SMILES string of the molecule is O=C(CC1CN(c2cncnc2)C1)OI. The fourth-order valence-corrected chi connectivity index (χ4v) is 1.81. The Morgan fingerprint density at radius 3 is 2.80 bits per heavy atom. The number of nitrogens with zero attached hydrogens (tertiary/aromatic N) is 3. The third kappa shape index (κ3) is 2.55. The molecular weight excluding hydrogens is 309 g/mol. The number of hydrogen-bond acceptors (Lipinski definition) is 5. The molecule has 2 heterocycles. The average Bonchev–Trinajstić information content (AvgIpc) is 2.23. The Balaban J connectivity index is 1.81. The summed E-state index contributed by atoms with van der Waals surface area (Å²) in [5.41, 5.74) is 1.01. The zero-order valence-corrected chi connectivity index (χ0v) is 10.1. The standard InChI is InChI=1S/C9H10IN3O2/c10-15-9(14)1-7-4-13(5-7)8-2-11-6-12-3-8/h2-3,6-7H,1,4-5H2. The lowest BCUT2D eigenvalue weighted by molar-refractivity contribution is -0.132. The molecular formula is C9H10IN3O2. The first-order chi connectivity index (χ1) is 7.29. The van der Waals surface area contributed by atoms with E-state index < -0.39 is 0 Å². The van der Waals surface area contributed by atoms with Crippen LogP contribution in [0.5, 0.6) is 0 Å². The largest absolute Gasteiger partial charge is 0.394 e. The molecule has 0 atom stereocenters. The summed E-state index contributed by atoms with van der Waals surface area (Å²) in [6.07, 6.45) is 5.56. The van der Waals surface area contributed by atoms with Gasteiger partial charge in [0, 0.05) is 19.0 Å². The van der Waals surface area contributed by atoms with E-state index >= 15 is 0 Å². The quantitative estimate of drug-likeness (QED) is 0.784. The highest BCUT2D eigenvalue weighted by Gasteiger charge is 2.29. The zero-order chi connectivity index (χ0) is 10.7. The number of anilines is 1. The van der Waals surface area contributed by atoms with Crippen LogP contribution in [0.15, 0.2) is 18.7 Å². The van der Waals surface area contributed by atoms with Crippen LogP contribution in [0.2, 0.25) is 0 Å². The van der Waals surface area contributed by atoms with Crippen LogP contribution in [0, 0.1) is 5.92 Å². The van der Waals surface area contributed by atoms with Gasteiger partial charge in [-0.2, -0.15) is 0 Å². The van der Waals surface area contributed by atoms with Crippen molar-refractivity contribution in [2.45, 2.75) is 6.42 Å². The van der Waals surface area contributed by atoms with Crippen LogP contribution < -0.4 is 4.90 Å². The van der Waals surface area contributed by atoms with Gasteiger partial charge in [-0.15, -0.1) is 0 Å². The van der Waals surface area contributed by atoms with Crippen molar-refractivity contribution in [2.24, 2.45) is 5.92 Å². The molecule has 0 aromatic carbocycles. The highest BCUT2D eigenvalue weighted by Crippen LogP contribution is 2.25. The Morgan fingerprint density at radius 1 is 1.53 bits per heavy atom. The van der Waals surface area contributed by atoms with Crippen LogP contribution >= 0.6 is 23.0 Å². The third-order valence-electron chi connectivity index (χ3n) is 2.41. The minimum Gasteiger partial charge on any atom is -0.394 e. The van der Waals surface area contributed by atoms with Gasteiger partial charge in [-0.3, -0.25) is 4.79 Å². The number of rotatable bonds is 3. The van der Waals surface area contributed by atoms with E-state index in [0.717, 1.165) is 18.8 Å². The van der Waals surface area contributed by atoms with Gasteiger partial charge in [0.05, 0.1) is 24.5 Å². The molecule has 5 nitrogen and oxygen atoms in total. The maximum Gasteiger partial charge on any atom is 0.315 e. The van der Waals surface area contributed by atoms with Crippen LogP contribution in [0.1, 0.15) is 6.42 Å². The van der Waals surface area contributed by atoms with Crippen LogP contribution in [-0.2, 0) is 7.86 Å². The number of halogens is 1. The van der Waals surface area contributed by atoms with E-state index in [-0.39, 0.29) is 5.97 Å². The molecule has 0 unspecified atom stereocenters. The monoisotopic (exact) mass is 319 g/mol. The van der Waals surface area contributed by atoms with E-state index in [9.17, 15) is 4.79 Å². The van der Waals surface area contributed by atoms with E-state index in [2.05, 4.69) is 17.9 Å². The first-order valence-electron chi connectivity index (χ1n) is 4.61. The predicted octanol–water partition coefficient (Wildman–Crippen LogP) is 1.20. The van der Waals surface area contributed by atoms with Crippen molar-refractivity contribution in [3.8, 4) is 0 Å². The van der Waals surface area contributed by atoms with Crippen LogP contribution in [0.4, 0.5) is 5.69 Å². The molecule has 0 spiro atoms. The smallest absolute Gasteiger partial charge is 0.315 e. The average molecular weight is 319 g/mol. The summed E-state index contributed by atoms with van der Waals surface area (Å²) in [5.74, 6) is 0.247. The van der Waals surface area contributed by atoms with Crippen molar-refractivity contribution in [2.75, 3.05) is 18.0 Å². The molecule has 80 valence electrons. The van der Waals surface area contributed by atoms with Crippen LogP contribution in [0.25, 0.3) is 0 Å². The van der Waals surface area contributed by atoms with Crippen molar-refractivity contribution in [3.63, 3.8) is 0 Å². The fourth-order valence-electron chi connectivity index (χ4n) is 1.63. The van der Waals surface area contributed by atoms with E-state index in [1.807, 2.05) is 0 Å². The molecule has 1 aliphatic rings. The number of carbonyl (C=O) groups is 1. The van der Waals surface area contributed by atoms with E-state index in [0.29, 0.717) is 12.3 Å². The molecule has 0 radical (unpaired) electrons. The van der Waals surface area contributed by atoms with Crippen molar-refractivity contribution >= 4 is 34.7 Å². The number of hydrogen-bond donors (Lipinski definition) is 0. The molecule has 6 heteroatoms. The fraction of sp³-hybridized carbons (Fsp3) is 0.444. The molecule has 0 aliphatic carbocycles. The second kappa shape index (κ2) is 4.73. The van der Waals surface area contributed by atoms with Gasteiger partial charge >= 0.3 is 5.97 Å². The molecule has 1 aliphatic heterocycles. The molecule has 0 saturated carbocycles. The molecule has 0 N–H and O–H groups in total. The summed E-state index contributed by atoms with van der Waals surface area (Å²) in [4.78, 5) is 21.0. The lowest BCUT2D eigenvalue weighted by Gasteiger charge is -2.39. The van der Waals surface area contributed by atoms with Crippen LogP contribution in [0.3, 0.4) is 0 Å². The predicted molar refractivity (Wildman–Crippen MR) is 62.5 cm³/mol. The van der Waals surface area contributed by atoms with E-state index in [4.69, 9.17) is 0 Å². The Bertz CT molecular complexity index is 340. The van der Waals surface area contributed by atoms with Gasteiger partial charge in [0.2, 0.25) is 0 Å². The van der Waals surface area contributed by atoms with Gasteiger partial charge in [-0.1, -0.05) is 0 Å². The summed E-state index contributed by atoms with van der Waals surface area (Å²) < 4.78 is 4.59. The Labute approximate surface area is 102 Å². The first kappa shape index (κ1) is 10.6. The minimum atomic E-state index is -0.149. The Kier molecular flexibility index (Phi) is 3.34. The third-order valence-corrected chi connectivity index (χ3v) is 2.90. The Hall–Kier alpha value is -0.920. The summed E-state index contributed by atoms with van der Waals surface area (Å²) >= 11 is 1.62. The summed E-state index contributed by atoms with van der Waals surface area (Å²) in [7, 11) is 0. The number of carbonyl (C=O) groups excluding carboxylic acids is 1. The van der Waals surface area contributed by atoms with E-state index in [1.165, 1.54) is 6.33 Å². The summed E-state index contributed by atoms with van der Waals surface area (Å²) in [6, 6.07) is 0. The lowest BCUT2D eigenvalue weighted by atomic mass is 9.96. The summed E-state index contributed by atoms with van der Waals surface area (Å²) in [5, 5.41) is 0. The second-order valence-corrected chi connectivity index (χ2v) is 3.96. The zero-order valence-electron chi connectivity index (χ0n) is 7.97. The normalized spacial score (nSPS) is 15.9. The maximum absolute atomic E-state index is 11.0. The molecule has 0 bridgehead atoms. The first-order valence-corrected chi connectivity index (χ1v) is 5.49. The van der Waals surface area contributed by atoms with Crippen molar-refractivity contribution < 1.29 is 7.86 Å². The topological polar surface area (TPSA) is 55.3 Å². The van der Waals surface area contributed by atoms with Gasteiger partial charge < -0.3 is 7.97 Å². The van der Waals surface area contributed by atoms with E-state index in [1.54, 1.807) is 35.4 Å². The highest BCUT2D eigenvalue weighted by atomic mass is 127. The molecule has 1 fully saturated rings. The number of aromatic nitrogens is 2. The van der Waals surface area contributed by atoms with Gasteiger partial charge in [-0.25, -0.2) is 9.97 Å². The lowest BCUT2D eigenvalue weighted by Crippen LogP contribution is -2.47. The molecule has 1 aromatic rings. The molecule has 0 amide bonds. The molecule has 2 rings (SSSR count). The van der Waals surface area contributed by atoms with Gasteiger partial charge in [0.25, 0.3) is 0 Å². The highest BCUT2D eigenvalue weighted by molar-refractivity contribution is 14.1. The molecule has 1 saturated heterocycles.